The number of ether oxygens (including phenoxy) is 1. The molecular weight excluding hydrogens is 460 g/mol. The van der Waals surface area contributed by atoms with Gasteiger partial charge in [-0.2, -0.15) is 0 Å². The number of hydrogen-bond acceptors (Lipinski definition) is 7. The number of carbonyl (C=O) groups is 1. The van der Waals surface area contributed by atoms with Crippen LogP contribution in [0.25, 0.3) is 0 Å². The summed E-state index contributed by atoms with van der Waals surface area (Å²) in [7, 11) is -3.67. The second kappa shape index (κ2) is 10.7. The van der Waals surface area contributed by atoms with Crippen molar-refractivity contribution in [2.75, 3.05) is 11.9 Å². The summed E-state index contributed by atoms with van der Waals surface area (Å²) < 4.78 is 32.9. The molecule has 0 atom stereocenters. The zero-order chi connectivity index (χ0) is 22.3. The fourth-order valence-electron chi connectivity index (χ4n) is 2.48. The molecule has 0 saturated carbocycles. The third kappa shape index (κ3) is 6.73. The van der Waals surface area contributed by atoms with Gasteiger partial charge in [-0.15, -0.1) is 10.2 Å². The Hall–Kier alpha value is -2.53. The van der Waals surface area contributed by atoms with Gasteiger partial charge < -0.3 is 4.74 Å². The summed E-state index contributed by atoms with van der Waals surface area (Å²) in [5, 5.41) is 12.0. The highest BCUT2D eigenvalue weighted by molar-refractivity contribution is 7.89. The van der Waals surface area contributed by atoms with Crippen LogP contribution in [-0.2, 0) is 16.6 Å². The molecule has 0 bridgehead atoms. The molecule has 1 aromatic heterocycles. The zero-order valence-electron chi connectivity index (χ0n) is 16.7. The van der Waals surface area contributed by atoms with E-state index < -0.39 is 15.9 Å². The standard InChI is InChI=1S/C20H21ClN4O4S2/c1-2-3-11-22-31(27,28)17-6-4-5-14(12-17)19(26)23-20-25-24-18(30-20)13-29-16-9-7-15(21)8-10-16/h4-10,12,22H,2-3,11,13H2,1H3,(H,23,25,26). The minimum Gasteiger partial charge on any atom is -0.486 e. The lowest BCUT2D eigenvalue weighted by Crippen LogP contribution is -2.25. The second-order valence-corrected chi connectivity index (χ2v) is 9.74. The van der Waals surface area contributed by atoms with E-state index in [0.29, 0.717) is 22.3 Å². The number of halogens is 1. The minimum absolute atomic E-state index is 0.0329. The fraction of sp³-hybridized carbons (Fsp3) is 0.250. The van der Waals surface area contributed by atoms with Crippen LogP contribution >= 0.6 is 22.9 Å². The number of amides is 1. The van der Waals surface area contributed by atoms with Gasteiger partial charge in [-0.1, -0.05) is 42.3 Å². The van der Waals surface area contributed by atoms with E-state index in [0.717, 1.165) is 12.8 Å². The Kier molecular flexibility index (Phi) is 7.97. The number of rotatable bonds is 10. The van der Waals surface area contributed by atoms with E-state index in [-0.39, 0.29) is 22.2 Å². The van der Waals surface area contributed by atoms with Crippen molar-refractivity contribution < 1.29 is 17.9 Å². The van der Waals surface area contributed by atoms with Gasteiger partial charge in [0.1, 0.15) is 12.4 Å². The number of sulfonamides is 1. The van der Waals surface area contributed by atoms with Gasteiger partial charge in [0, 0.05) is 17.1 Å². The summed E-state index contributed by atoms with van der Waals surface area (Å²) in [5.74, 6) is 0.155. The van der Waals surface area contributed by atoms with E-state index in [9.17, 15) is 13.2 Å². The smallest absolute Gasteiger partial charge is 0.257 e. The van der Waals surface area contributed by atoms with Crippen molar-refractivity contribution in [2.45, 2.75) is 31.3 Å². The number of aromatic nitrogens is 2. The van der Waals surface area contributed by atoms with Crippen molar-refractivity contribution in [3.8, 4) is 5.75 Å². The van der Waals surface area contributed by atoms with Crippen molar-refractivity contribution in [1.82, 2.24) is 14.9 Å². The second-order valence-electron chi connectivity index (χ2n) is 6.48. The summed E-state index contributed by atoms with van der Waals surface area (Å²) in [6, 6.07) is 12.7. The predicted molar refractivity (Wildman–Crippen MR) is 120 cm³/mol. The highest BCUT2D eigenvalue weighted by Gasteiger charge is 2.17. The van der Waals surface area contributed by atoms with Gasteiger partial charge in [0.25, 0.3) is 5.91 Å². The molecule has 0 radical (unpaired) electrons. The first-order chi connectivity index (χ1) is 14.9. The van der Waals surface area contributed by atoms with Crippen LogP contribution in [-0.4, -0.2) is 31.1 Å². The maximum atomic E-state index is 12.5. The molecule has 2 aromatic carbocycles. The minimum atomic E-state index is -3.67. The summed E-state index contributed by atoms with van der Waals surface area (Å²) in [6.45, 7) is 2.51. The van der Waals surface area contributed by atoms with Gasteiger partial charge in [0.15, 0.2) is 5.01 Å². The predicted octanol–water partition coefficient (Wildman–Crippen LogP) is 4.10. The van der Waals surface area contributed by atoms with Crippen LogP contribution in [0.15, 0.2) is 53.4 Å². The molecule has 1 heterocycles. The first-order valence-electron chi connectivity index (χ1n) is 9.49. The van der Waals surface area contributed by atoms with E-state index in [4.69, 9.17) is 16.3 Å². The molecule has 0 aliphatic rings. The van der Waals surface area contributed by atoms with Crippen molar-refractivity contribution in [3.05, 3.63) is 64.1 Å². The number of carbonyl (C=O) groups excluding carboxylic acids is 1. The molecule has 11 heteroatoms. The molecule has 3 rings (SSSR count). The molecule has 164 valence electrons. The van der Waals surface area contributed by atoms with Gasteiger partial charge in [0.05, 0.1) is 4.90 Å². The van der Waals surface area contributed by atoms with E-state index in [1.54, 1.807) is 24.3 Å². The summed E-state index contributed by atoms with van der Waals surface area (Å²) in [4.78, 5) is 12.6. The van der Waals surface area contributed by atoms with E-state index >= 15 is 0 Å². The largest absolute Gasteiger partial charge is 0.486 e. The molecule has 3 aromatic rings. The zero-order valence-corrected chi connectivity index (χ0v) is 19.1. The Morgan fingerprint density at radius 3 is 2.68 bits per heavy atom. The number of benzene rings is 2. The van der Waals surface area contributed by atoms with E-state index in [1.807, 2.05) is 6.92 Å². The quantitative estimate of drug-likeness (QED) is 0.423. The van der Waals surface area contributed by atoms with Crippen LogP contribution in [0.4, 0.5) is 5.13 Å². The first kappa shape index (κ1) is 23.1. The van der Waals surface area contributed by atoms with Crippen molar-refractivity contribution in [2.24, 2.45) is 0 Å². The van der Waals surface area contributed by atoms with Crippen LogP contribution in [0.3, 0.4) is 0 Å². The normalized spacial score (nSPS) is 11.3. The molecule has 8 nitrogen and oxygen atoms in total. The Bertz CT molecular complexity index is 1130. The molecule has 2 N–H and O–H groups in total. The van der Waals surface area contributed by atoms with Crippen LogP contribution < -0.4 is 14.8 Å². The lowest BCUT2D eigenvalue weighted by molar-refractivity contribution is 0.102. The third-order valence-electron chi connectivity index (χ3n) is 4.09. The Labute approximate surface area is 189 Å². The van der Waals surface area contributed by atoms with Crippen molar-refractivity contribution in [3.63, 3.8) is 0 Å². The average molecular weight is 481 g/mol. The number of nitrogens with zero attached hydrogens (tertiary/aromatic N) is 2. The molecule has 0 aliphatic carbocycles. The number of unbranched alkanes of at least 4 members (excludes halogenated alkanes) is 1. The monoisotopic (exact) mass is 480 g/mol. The summed E-state index contributed by atoms with van der Waals surface area (Å²) in [6.07, 6.45) is 1.61. The van der Waals surface area contributed by atoms with Gasteiger partial charge in [-0.25, -0.2) is 13.1 Å². The van der Waals surface area contributed by atoms with Gasteiger partial charge in [-0.05, 0) is 48.9 Å². The number of hydrogen-bond donors (Lipinski definition) is 2. The average Bonchev–Trinajstić information content (AvgIpc) is 3.21. The van der Waals surface area contributed by atoms with Crippen LogP contribution in [0.2, 0.25) is 5.02 Å². The SMILES string of the molecule is CCCCNS(=O)(=O)c1cccc(C(=O)Nc2nnc(COc3ccc(Cl)cc3)s2)c1. The first-order valence-corrected chi connectivity index (χ1v) is 12.2. The van der Waals surface area contributed by atoms with Gasteiger partial charge >= 0.3 is 0 Å². The van der Waals surface area contributed by atoms with Crippen LogP contribution in [0.5, 0.6) is 5.75 Å². The molecule has 31 heavy (non-hydrogen) atoms. The lowest BCUT2D eigenvalue weighted by atomic mass is 10.2. The lowest BCUT2D eigenvalue weighted by Gasteiger charge is -2.08. The van der Waals surface area contributed by atoms with E-state index in [1.165, 1.54) is 35.6 Å². The van der Waals surface area contributed by atoms with Gasteiger partial charge in [0.2, 0.25) is 15.2 Å². The van der Waals surface area contributed by atoms with Crippen LogP contribution in [0.1, 0.15) is 35.1 Å². The maximum Gasteiger partial charge on any atom is 0.257 e. The van der Waals surface area contributed by atoms with Gasteiger partial charge in [-0.3, -0.25) is 10.1 Å². The molecule has 0 saturated heterocycles. The Morgan fingerprint density at radius 1 is 1.16 bits per heavy atom. The number of anilines is 1. The molecular formula is C20H21ClN4O4S2. The van der Waals surface area contributed by atoms with Crippen molar-refractivity contribution >= 4 is 44.0 Å². The van der Waals surface area contributed by atoms with E-state index in [2.05, 4.69) is 20.2 Å². The topological polar surface area (TPSA) is 110 Å². The Balaban J connectivity index is 1.61. The Morgan fingerprint density at radius 2 is 1.94 bits per heavy atom. The molecule has 0 fully saturated rings. The highest BCUT2D eigenvalue weighted by atomic mass is 35.5. The molecule has 0 spiro atoms. The summed E-state index contributed by atoms with van der Waals surface area (Å²) in [5.41, 5.74) is 0.201. The van der Waals surface area contributed by atoms with Crippen molar-refractivity contribution in [1.29, 1.82) is 0 Å². The number of nitrogens with one attached hydrogen (secondary N) is 2. The third-order valence-corrected chi connectivity index (χ3v) is 6.62. The molecule has 0 unspecified atom stereocenters. The highest BCUT2D eigenvalue weighted by Crippen LogP contribution is 2.21. The summed E-state index contributed by atoms with van der Waals surface area (Å²) >= 11 is 7.01. The van der Waals surface area contributed by atoms with Crippen LogP contribution in [0, 0.1) is 0 Å². The fourth-order valence-corrected chi connectivity index (χ4v) is 4.37. The molecule has 0 aliphatic heterocycles. The molecule has 1 amide bonds. The maximum absolute atomic E-state index is 12.5.